The van der Waals surface area contributed by atoms with Crippen LogP contribution in [0.1, 0.15) is 29.4 Å². The first-order valence-electron chi connectivity index (χ1n) is 10.3. The van der Waals surface area contributed by atoms with Gasteiger partial charge in [0.25, 0.3) is 5.78 Å². The molecule has 7 nitrogen and oxygen atoms in total. The van der Waals surface area contributed by atoms with Gasteiger partial charge in [-0.3, -0.25) is 4.79 Å². The van der Waals surface area contributed by atoms with E-state index in [0.717, 1.165) is 39.5 Å². The highest BCUT2D eigenvalue weighted by Crippen LogP contribution is 2.22. The van der Waals surface area contributed by atoms with Gasteiger partial charge in [-0.15, -0.1) is 5.10 Å². The number of carbonyl (C=O) groups is 1. The Labute approximate surface area is 181 Å². The Balaban J connectivity index is 1.58. The van der Waals surface area contributed by atoms with Crippen molar-refractivity contribution in [2.45, 2.75) is 34.1 Å². The maximum absolute atomic E-state index is 12.7. The average Bonchev–Trinajstić information content (AvgIpc) is 3.17. The van der Waals surface area contributed by atoms with E-state index in [1.807, 2.05) is 76.2 Å². The molecule has 31 heavy (non-hydrogen) atoms. The Morgan fingerprint density at radius 1 is 1.03 bits per heavy atom. The van der Waals surface area contributed by atoms with Crippen molar-refractivity contribution in [1.82, 2.24) is 19.6 Å². The molecule has 2 aromatic heterocycles. The second kappa shape index (κ2) is 8.55. The first kappa shape index (κ1) is 20.5. The molecule has 0 radical (unpaired) electrons. The number of anilines is 1. The molecule has 0 fully saturated rings. The Morgan fingerprint density at radius 3 is 2.48 bits per heavy atom. The molecule has 7 heteroatoms. The summed E-state index contributed by atoms with van der Waals surface area (Å²) < 4.78 is 7.16. The van der Waals surface area contributed by atoms with E-state index in [2.05, 4.69) is 20.4 Å². The molecule has 0 aliphatic rings. The number of aryl methyl sites for hydroxylation is 3. The summed E-state index contributed by atoms with van der Waals surface area (Å²) in [4.78, 5) is 21.9. The van der Waals surface area contributed by atoms with Gasteiger partial charge in [0, 0.05) is 28.2 Å². The van der Waals surface area contributed by atoms with Gasteiger partial charge in [-0.2, -0.15) is 4.98 Å². The number of aromatic nitrogens is 4. The van der Waals surface area contributed by atoms with Gasteiger partial charge in [-0.05, 0) is 57.5 Å². The minimum Gasteiger partial charge on any atom is -0.494 e. The summed E-state index contributed by atoms with van der Waals surface area (Å²) in [6.45, 7) is 8.41. The topological polar surface area (TPSA) is 81.4 Å². The number of nitrogens with zero attached hydrogens (tertiary/aromatic N) is 4. The van der Waals surface area contributed by atoms with Crippen LogP contribution in [-0.2, 0) is 11.2 Å². The van der Waals surface area contributed by atoms with Gasteiger partial charge in [-0.25, -0.2) is 9.50 Å². The molecule has 4 rings (SSSR count). The van der Waals surface area contributed by atoms with E-state index in [0.29, 0.717) is 18.2 Å². The monoisotopic (exact) mass is 415 g/mol. The molecule has 0 saturated heterocycles. The van der Waals surface area contributed by atoms with Gasteiger partial charge in [0.2, 0.25) is 5.91 Å². The number of hydrogen-bond donors (Lipinski definition) is 1. The first-order chi connectivity index (χ1) is 15.0. The van der Waals surface area contributed by atoms with Crippen LogP contribution in [-0.4, -0.2) is 32.1 Å². The molecule has 1 N–H and O–H groups in total. The molecular formula is C24H25N5O2. The third-order valence-electron chi connectivity index (χ3n) is 5.22. The maximum Gasteiger partial charge on any atom is 0.253 e. The molecule has 0 spiro atoms. The van der Waals surface area contributed by atoms with Crippen LogP contribution in [0.2, 0.25) is 0 Å². The highest BCUT2D eigenvalue weighted by molar-refractivity contribution is 5.92. The lowest BCUT2D eigenvalue weighted by Gasteiger charge is -2.11. The first-order valence-corrected chi connectivity index (χ1v) is 10.3. The van der Waals surface area contributed by atoms with Crippen molar-refractivity contribution in [1.29, 1.82) is 0 Å². The van der Waals surface area contributed by atoms with Gasteiger partial charge >= 0.3 is 0 Å². The largest absolute Gasteiger partial charge is 0.494 e. The molecule has 2 heterocycles. The van der Waals surface area contributed by atoms with E-state index in [1.165, 1.54) is 0 Å². The third kappa shape index (κ3) is 4.26. The van der Waals surface area contributed by atoms with E-state index in [-0.39, 0.29) is 12.3 Å². The van der Waals surface area contributed by atoms with E-state index in [4.69, 9.17) is 4.74 Å². The van der Waals surface area contributed by atoms with Crippen LogP contribution in [0.25, 0.3) is 17.2 Å². The van der Waals surface area contributed by atoms with Gasteiger partial charge in [0.1, 0.15) is 5.75 Å². The van der Waals surface area contributed by atoms with Crippen molar-refractivity contribution in [2.24, 2.45) is 0 Å². The summed E-state index contributed by atoms with van der Waals surface area (Å²) >= 11 is 0. The van der Waals surface area contributed by atoms with E-state index in [1.54, 1.807) is 4.52 Å². The fourth-order valence-electron chi connectivity index (χ4n) is 3.57. The lowest BCUT2D eigenvalue weighted by Crippen LogP contribution is -2.17. The van der Waals surface area contributed by atoms with Gasteiger partial charge < -0.3 is 10.1 Å². The smallest absolute Gasteiger partial charge is 0.253 e. The summed E-state index contributed by atoms with van der Waals surface area (Å²) in [5.41, 5.74) is 5.27. The molecule has 0 aliphatic heterocycles. The standard InChI is InChI=1S/C24H25N5O2/c1-5-31-19-12-10-18(11-13-19)26-22(30)14-21-16(3)25-24-27-23(28-29(24)17(21)4)20-9-7-6-8-15(20)2/h6-13H,5,14H2,1-4H3,(H,26,30). The second-order valence-corrected chi connectivity index (χ2v) is 7.41. The number of nitrogens with one attached hydrogen (secondary N) is 1. The molecule has 2 aromatic carbocycles. The van der Waals surface area contributed by atoms with E-state index >= 15 is 0 Å². The summed E-state index contributed by atoms with van der Waals surface area (Å²) in [6.07, 6.45) is 0.202. The Bertz CT molecular complexity index is 1250. The zero-order chi connectivity index (χ0) is 22.0. The average molecular weight is 415 g/mol. The quantitative estimate of drug-likeness (QED) is 0.508. The Morgan fingerprint density at radius 2 is 1.77 bits per heavy atom. The lowest BCUT2D eigenvalue weighted by atomic mass is 10.1. The number of ether oxygens (including phenoxy) is 1. The van der Waals surface area contributed by atoms with Crippen LogP contribution < -0.4 is 10.1 Å². The maximum atomic E-state index is 12.7. The lowest BCUT2D eigenvalue weighted by molar-refractivity contribution is -0.115. The molecule has 0 unspecified atom stereocenters. The summed E-state index contributed by atoms with van der Waals surface area (Å²) in [5.74, 6) is 1.82. The Hall–Kier alpha value is -3.74. The molecule has 0 bridgehead atoms. The van der Waals surface area contributed by atoms with Crippen LogP contribution in [0, 0.1) is 20.8 Å². The second-order valence-electron chi connectivity index (χ2n) is 7.41. The van der Waals surface area contributed by atoms with E-state index in [9.17, 15) is 4.79 Å². The fourth-order valence-corrected chi connectivity index (χ4v) is 3.57. The SMILES string of the molecule is CCOc1ccc(NC(=O)Cc2c(C)nc3nc(-c4ccccc4C)nn3c2C)cc1. The number of fused-ring (bicyclic) bond motifs is 1. The number of amides is 1. The van der Waals surface area contributed by atoms with Gasteiger partial charge in [0.15, 0.2) is 5.82 Å². The van der Waals surface area contributed by atoms with Crippen molar-refractivity contribution in [3.8, 4) is 17.1 Å². The van der Waals surface area contributed by atoms with Crippen molar-refractivity contribution in [2.75, 3.05) is 11.9 Å². The van der Waals surface area contributed by atoms with Crippen LogP contribution in [0.5, 0.6) is 5.75 Å². The molecule has 4 aromatic rings. The van der Waals surface area contributed by atoms with Crippen LogP contribution >= 0.6 is 0 Å². The predicted octanol–water partition coefficient (Wildman–Crippen LogP) is 4.30. The summed E-state index contributed by atoms with van der Waals surface area (Å²) in [6, 6.07) is 15.3. The summed E-state index contributed by atoms with van der Waals surface area (Å²) in [7, 11) is 0. The third-order valence-corrected chi connectivity index (χ3v) is 5.22. The van der Waals surface area contributed by atoms with Crippen LogP contribution in [0.15, 0.2) is 48.5 Å². The molecular weight excluding hydrogens is 390 g/mol. The number of rotatable bonds is 6. The molecule has 158 valence electrons. The number of hydrogen-bond acceptors (Lipinski definition) is 5. The zero-order valence-electron chi connectivity index (χ0n) is 18.1. The normalized spacial score (nSPS) is 11.0. The number of benzene rings is 2. The van der Waals surface area contributed by atoms with Crippen molar-refractivity contribution < 1.29 is 9.53 Å². The van der Waals surface area contributed by atoms with Crippen LogP contribution in [0.4, 0.5) is 5.69 Å². The van der Waals surface area contributed by atoms with Gasteiger partial charge in [-0.1, -0.05) is 24.3 Å². The van der Waals surface area contributed by atoms with Crippen molar-refractivity contribution in [3.05, 3.63) is 71.0 Å². The molecule has 0 saturated carbocycles. The number of carbonyl (C=O) groups excluding carboxylic acids is 1. The van der Waals surface area contributed by atoms with E-state index < -0.39 is 0 Å². The minimum absolute atomic E-state index is 0.115. The van der Waals surface area contributed by atoms with Crippen LogP contribution in [0.3, 0.4) is 0 Å². The molecule has 0 aliphatic carbocycles. The van der Waals surface area contributed by atoms with Crippen molar-refractivity contribution in [3.63, 3.8) is 0 Å². The Kier molecular flexibility index (Phi) is 5.66. The predicted molar refractivity (Wildman–Crippen MR) is 120 cm³/mol. The fraction of sp³-hybridized carbons (Fsp3) is 0.250. The highest BCUT2D eigenvalue weighted by Gasteiger charge is 2.17. The minimum atomic E-state index is -0.115. The summed E-state index contributed by atoms with van der Waals surface area (Å²) in [5, 5.41) is 7.59. The molecule has 1 amide bonds. The molecule has 0 atom stereocenters. The highest BCUT2D eigenvalue weighted by atomic mass is 16.5. The zero-order valence-corrected chi connectivity index (χ0v) is 18.1. The van der Waals surface area contributed by atoms with Gasteiger partial charge in [0.05, 0.1) is 13.0 Å². The van der Waals surface area contributed by atoms with Crippen molar-refractivity contribution >= 4 is 17.4 Å².